The van der Waals surface area contributed by atoms with Crippen LogP contribution in [0.25, 0.3) is 0 Å². The van der Waals surface area contributed by atoms with Gasteiger partial charge in [-0.05, 0) is 6.08 Å². The first-order chi connectivity index (χ1) is 5.52. The maximum Gasteiger partial charge on any atom is 0.331 e. The van der Waals surface area contributed by atoms with Crippen molar-refractivity contribution in [3.05, 3.63) is 11.6 Å². The van der Waals surface area contributed by atoms with E-state index in [-0.39, 0.29) is 12.0 Å². The molecule has 0 radical (unpaired) electrons. The maximum atomic E-state index is 10.4. The smallest absolute Gasteiger partial charge is 0.331 e. The van der Waals surface area contributed by atoms with E-state index in [0.29, 0.717) is 0 Å². The molecule has 0 aliphatic heterocycles. The molecule has 0 aromatic carbocycles. The summed E-state index contributed by atoms with van der Waals surface area (Å²) in [6, 6.07) is 0. The lowest BCUT2D eigenvalue weighted by atomic mass is 9.92. The Morgan fingerprint density at radius 3 is 2.42 bits per heavy atom. The van der Waals surface area contributed by atoms with Crippen LogP contribution < -0.4 is 0 Å². The minimum Gasteiger partial charge on any atom is -0.478 e. The largest absolute Gasteiger partial charge is 0.478 e. The molecule has 1 aliphatic carbocycles. The standard InChI is InChI=1S/C7H10O5/c8-4-1-3(7(11)12)2-5(9)6(4)10/h1,4-6,8-10H,2H2,(H,11,12)/t4-,5+,6-/m1/s1. The fraction of sp³-hybridized carbons (Fsp3) is 0.571. The van der Waals surface area contributed by atoms with Gasteiger partial charge in [-0.25, -0.2) is 4.79 Å². The van der Waals surface area contributed by atoms with Gasteiger partial charge in [-0.3, -0.25) is 0 Å². The molecule has 4 N–H and O–H groups in total. The van der Waals surface area contributed by atoms with Gasteiger partial charge in [0.1, 0.15) is 12.2 Å². The number of aliphatic hydroxyl groups excluding tert-OH is 3. The Kier molecular flexibility index (Phi) is 2.46. The SMILES string of the molecule is O=C(O)C1=C[C@@H](O)[C@@H](O)[C@@H](O)C1. The van der Waals surface area contributed by atoms with Crippen molar-refractivity contribution < 1.29 is 25.2 Å². The van der Waals surface area contributed by atoms with Gasteiger partial charge in [0.15, 0.2) is 0 Å². The molecule has 0 saturated heterocycles. The molecule has 0 unspecified atom stereocenters. The molecule has 1 rings (SSSR count). The van der Waals surface area contributed by atoms with E-state index in [1.54, 1.807) is 0 Å². The van der Waals surface area contributed by atoms with Gasteiger partial charge in [-0.1, -0.05) is 0 Å². The quantitative estimate of drug-likeness (QED) is 0.387. The molecule has 3 atom stereocenters. The summed E-state index contributed by atoms with van der Waals surface area (Å²) < 4.78 is 0. The summed E-state index contributed by atoms with van der Waals surface area (Å²) in [4.78, 5) is 10.4. The second-order valence-corrected chi connectivity index (χ2v) is 2.75. The molecule has 5 heteroatoms. The first-order valence-corrected chi connectivity index (χ1v) is 3.50. The van der Waals surface area contributed by atoms with E-state index in [9.17, 15) is 4.79 Å². The summed E-state index contributed by atoms with van der Waals surface area (Å²) in [7, 11) is 0. The van der Waals surface area contributed by atoms with E-state index in [1.165, 1.54) is 0 Å². The summed E-state index contributed by atoms with van der Waals surface area (Å²) in [5.41, 5.74) is -0.0692. The van der Waals surface area contributed by atoms with Gasteiger partial charge < -0.3 is 20.4 Å². The molecule has 0 heterocycles. The van der Waals surface area contributed by atoms with Crippen molar-refractivity contribution in [2.24, 2.45) is 0 Å². The highest BCUT2D eigenvalue weighted by atomic mass is 16.4. The fourth-order valence-corrected chi connectivity index (χ4v) is 1.11. The van der Waals surface area contributed by atoms with Crippen molar-refractivity contribution in [3.8, 4) is 0 Å². The Labute approximate surface area is 68.6 Å². The molecular weight excluding hydrogens is 164 g/mol. The minimum absolute atomic E-state index is 0.0692. The van der Waals surface area contributed by atoms with Crippen LogP contribution in [0, 0.1) is 0 Å². The number of carboxylic acid groups (broad SMARTS) is 1. The molecule has 0 amide bonds. The van der Waals surface area contributed by atoms with Crippen molar-refractivity contribution in [3.63, 3.8) is 0 Å². The molecule has 12 heavy (non-hydrogen) atoms. The predicted octanol–water partition coefficient (Wildman–Crippen LogP) is -1.52. The maximum absolute atomic E-state index is 10.4. The first kappa shape index (κ1) is 9.18. The zero-order chi connectivity index (χ0) is 9.30. The second kappa shape index (κ2) is 3.22. The van der Waals surface area contributed by atoms with Gasteiger partial charge in [0, 0.05) is 12.0 Å². The predicted molar refractivity (Wildman–Crippen MR) is 38.4 cm³/mol. The number of hydrogen-bond acceptors (Lipinski definition) is 4. The number of rotatable bonds is 1. The second-order valence-electron chi connectivity index (χ2n) is 2.75. The molecule has 0 saturated carbocycles. The van der Waals surface area contributed by atoms with Crippen LogP contribution in [0.5, 0.6) is 0 Å². The minimum atomic E-state index is -1.29. The Hall–Kier alpha value is -0.910. The van der Waals surface area contributed by atoms with E-state index >= 15 is 0 Å². The van der Waals surface area contributed by atoms with Crippen LogP contribution in [-0.2, 0) is 4.79 Å². The van der Waals surface area contributed by atoms with Gasteiger partial charge in [0.25, 0.3) is 0 Å². The molecule has 5 nitrogen and oxygen atoms in total. The highest BCUT2D eigenvalue weighted by Crippen LogP contribution is 2.19. The third-order valence-corrected chi connectivity index (χ3v) is 1.82. The van der Waals surface area contributed by atoms with Crippen LogP contribution in [-0.4, -0.2) is 44.7 Å². The topological polar surface area (TPSA) is 98.0 Å². The highest BCUT2D eigenvalue weighted by Gasteiger charge is 2.31. The van der Waals surface area contributed by atoms with Crippen molar-refractivity contribution in [2.75, 3.05) is 0 Å². The summed E-state index contributed by atoms with van der Waals surface area (Å²) in [5.74, 6) is -1.18. The van der Waals surface area contributed by atoms with Crippen LogP contribution in [0.4, 0.5) is 0 Å². The van der Waals surface area contributed by atoms with Crippen molar-refractivity contribution in [2.45, 2.75) is 24.7 Å². The fourth-order valence-electron chi connectivity index (χ4n) is 1.11. The zero-order valence-electron chi connectivity index (χ0n) is 6.21. The number of carboxylic acids is 1. The number of carbonyl (C=O) groups is 1. The van der Waals surface area contributed by atoms with E-state index in [1.807, 2.05) is 0 Å². The summed E-state index contributed by atoms with van der Waals surface area (Å²) in [5, 5.41) is 35.6. The Morgan fingerprint density at radius 2 is 2.00 bits per heavy atom. The average Bonchev–Trinajstić information content (AvgIpc) is 1.99. The third kappa shape index (κ3) is 1.63. The Bertz CT molecular complexity index is 222. The van der Waals surface area contributed by atoms with Gasteiger partial charge in [0.05, 0.1) is 6.10 Å². The lowest BCUT2D eigenvalue weighted by Crippen LogP contribution is -2.40. The van der Waals surface area contributed by atoms with E-state index in [4.69, 9.17) is 20.4 Å². The summed E-state index contributed by atoms with van der Waals surface area (Å²) >= 11 is 0. The molecule has 1 aliphatic rings. The average molecular weight is 174 g/mol. The van der Waals surface area contributed by atoms with Gasteiger partial charge in [-0.15, -0.1) is 0 Å². The van der Waals surface area contributed by atoms with Crippen LogP contribution >= 0.6 is 0 Å². The first-order valence-electron chi connectivity index (χ1n) is 3.50. The van der Waals surface area contributed by atoms with Crippen molar-refractivity contribution in [1.82, 2.24) is 0 Å². The van der Waals surface area contributed by atoms with E-state index in [2.05, 4.69) is 0 Å². The van der Waals surface area contributed by atoms with Crippen LogP contribution in [0.2, 0.25) is 0 Å². The molecule has 0 aromatic rings. The van der Waals surface area contributed by atoms with Crippen molar-refractivity contribution >= 4 is 5.97 Å². The zero-order valence-corrected chi connectivity index (χ0v) is 6.21. The van der Waals surface area contributed by atoms with Crippen molar-refractivity contribution in [1.29, 1.82) is 0 Å². The van der Waals surface area contributed by atoms with E-state index < -0.39 is 24.3 Å². The number of aliphatic hydroxyl groups is 3. The molecule has 0 aromatic heterocycles. The van der Waals surface area contributed by atoms with Crippen LogP contribution in [0.3, 0.4) is 0 Å². The summed E-state index contributed by atoms with van der Waals surface area (Å²) in [6.45, 7) is 0. The lowest BCUT2D eigenvalue weighted by Gasteiger charge is -2.25. The number of hydrogen-bond donors (Lipinski definition) is 4. The van der Waals surface area contributed by atoms with Crippen LogP contribution in [0.1, 0.15) is 6.42 Å². The molecule has 0 spiro atoms. The third-order valence-electron chi connectivity index (χ3n) is 1.82. The molecular formula is C7H10O5. The molecule has 0 fully saturated rings. The Balaban J connectivity index is 2.81. The highest BCUT2D eigenvalue weighted by molar-refractivity contribution is 5.87. The monoisotopic (exact) mass is 174 g/mol. The normalized spacial score (nSPS) is 35.9. The van der Waals surface area contributed by atoms with Gasteiger partial charge >= 0.3 is 5.97 Å². The van der Waals surface area contributed by atoms with Gasteiger partial charge in [0.2, 0.25) is 0 Å². The summed E-state index contributed by atoms with van der Waals surface area (Å²) in [6.07, 6.45) is -2.86. The lowest BCUT2D eigenvalue weighted by molar-refractivity contribution is -0.134. The number of aliphatic carboxylic acids is 1. The Morgan fingerprint density at radius 1 is 1.42 bits per heavy atom. The van der Waals surface area contributed by atoms with Crippen LogP contribution in [0.15, 0.2) is 11.6 Å². The molecule has 0 bridgehead atoms. The van der Waals surface area contributed by atoms with Gasteiger partial charge in [-0.2, -0.15) is 0 Å². The van der Waals surface area contributed by atoms with E-state index in [0.717, 1.165) is 6.08 Å². The molecule has 68 valence electrons.